The van der Waals surface area contributed by atoms with Crippen molar-refractivity contribution in [3.63, 3.8) is 0 Å². The summed E-state index contributed by atoms with van der Waals surface area (Å²) in [5.41, 5.74) is 4.83. The fourth-order valence-electron chi connectivity index (χ4n) is 3.48. The van der Waals surface area contributed by atoms with Crippen LogP contribution >= 0.6 is 0 Å². The lowest BCUT2D eigenvalue weighted by Gasteiger charge is -2.11. The average Bonchev–Trinajstić information content (AvgIpc) is 3.21. The molecule has 0 radical (unpaired) electrons. The summed E-state index contributed by atoms with van der Waals surface area (Å²) >= 11 is 0. The molecule has 2 fully saturated rings. The molecule has 0 spiro atoms. The third kappa shape index (κ3) is 3.33. The normalized spacial score (nSPS) is 20.0. The van der Waals surface area contributed by atoms with Crippen LogP contribution in [0.4, 0.5) is 0 Å². The average molecular weight is 339 g/mol. The van der Waals surface area contributed by atoms with Crippen molar-refractivity contribution < 1.29 is 9.53 Å². The Bertz CT molecular complexity index is 769. The molecule has 1 saturated carbocycles. The molecule has 5 nitrogen and oxygen atoms in total. The minimum atomic E-state index is -0.0201. The number of ether oxygens (including phenoxy) is 1. The quantitative estimate of drug-likeness (QED) is 0.909. The third-order valence-electron chi connectivity index (χ3n) is 5.13. The monoisotopic (exact) mass is 339 g/mol. The van der Waals surface area contributed by atoms with Crippen LogP contribution in [0.1, 0.15) is 58.9 Å². The summed E-state index contributed by atoms with van der Waals surface area (Å²) in [6.07, 6.45) is 4.50. The Hall–Kier alpha value is -2.14. The van der Waals surface area contributed by atoms with Gasteiger partial charge in [0.25, 0.3) is 5.91 Å². The van der Waals surface area contributed by atoms with Crippen LogP contribution in [0.15, 0.2) is 24.3 Å². The Labute approximate surface area is 148 Å². The second kappa shape index (κ2) is 6.64. The summed E-state index contributed by atoms with van der Waals surface area (Å²) in [6.45, 7) is 5.44. The highest BCUT2D eigenvalue weighted by Crippen LogP contribution is 2.42. The standard InChI is InChI=1S/C20H25N3O2/c1-13-5-9-16(10-6-13)23-14(2)18(19(22-23)15-7-8-15)20(24)21-12-17-4-3-11-25-17/h5-6,9-10,15,17H,3-4,7-8,11-12H2,1-2H3,(H,21,24)/t17-/m0/s1. The molecule has 0 bridgehead atoms. The molecule has 1 aliphatic heterocycles. The van der Waals surface area contributed by atoms with E-state index in [1.807, 2.05) is 11.6 Å². The van der Waals surface area contributed by atoms with Crippen LogP contribution < -0.4 is 5.32 Å². The number of hydrogen-bond acceptors (Lipinski definition) is 3. The lowest BCUT2D eigenvalue weighted by atomic mass is 10.1. The highest BCUT2D eigenvalue weighted by molar-refractivity contribution is 5.97. The number of nitrogens with one attached hydrogen (secondary N) is 1. The molecule has 1 aromatic heterocycles. The number of benzene rings is 1. The van der Waals surface area contributed by atoms with Gasteiger partial charge in [-0.25, -0.2) is 4.68 Å². The van der Waals surface area contributed by atoms with E-state index in [0.717, 1.165) is 54.9 Å². The number of hydrogen-bond donors (Lipinski definition) is 1. The Morgan fingerprint density at radius 3 is 2.64 bits per heavy atom. The molecule has 4 rings (SSSR count). The molecule has 2 aliphatic rings. The molecule has 1 aromatic carbocycles. The number of carbonyl (C=O) groups excluding carboxylic acids is 1. The minimum Gasteiger partial charge on any atom is -0.376 e. The molecule has 1 atom stereocenters. The van der Waals surface area contributed by atoms with Gasteiger partial charge in [-0.1, -0.05) is 17.7 Å². The predicted octanol–water partition coefficient (Wildman–Crippen LogP) is 3.28. The van der Waals surface area contributed by atoms with Gasteiger partial charge in [-0.15, -0.1) is 0 Å². The topological polar surface area (TPSA) is 56.2 Å². The molecular weight excluding hydrogens is 314 g/mol. The van der Waals surface area contributed by atoms with Gasteiger partial charge in [-0.2, -0.15) is 5.10 Å². The fourth-order valence-corrected chi connectivity index (χ4v) is 3.48. The molecule has 25 heavy (non-hydrogen) atoms. The van der Waals surface area contributed by atoms with Crippen LogP contribution in [0, 0.1) is 13.8 Å². The first-order valence-corrected chi connectivity index (χ1v) is 9.20. The van der Waals surface area contributed by atoms with Crippen molar-refractivity contribution in [2.24, 2.45) is 0 Å². The Morgan fingerprint density at radius 2 is 2.00 bits per heavy atom. The second-order valence-electron chi connectivity index (χ2n) is 7.21. The van der Waals surface area contributed by atoms with Gasteiger partial charge in [-0.05, 0) is 51.7 Å². The molecule has 5 heteroatoms. The highest BCUT2D eigenvalue weighted by Gasteiger charge is 2.34. The zero-order valence-corrected chi connectivity index (χ0v) is 14.9. The van der Waals surface area contributed by atoms with E-state index in [2.05, 4.69) is 36.5 Å². The maximum atomic E-state index is 12.9. The molecule has 1 aliphatic carbocycles. The van der Waals surface area contributed by atoms with Crippen molar-refractivity contribution in [2.45, 2.75) is 51.6 Å². The van der Waals surface area contributed by atoms with E-state index in [-0.39, 0.29) is 12.0 Å². The highest BCUT2D eigenvalue weighted by atomic mass is 16.5. The number of rotatable bonds is 5. The summed E-state index contributed by atoms with van der Waals surface area (Å²) in [7, 11) is 0. The third-order valence-corrected chi connectivity index (χ3v) is 5.13. The summed E-state index contributed by atoms with van der Waals surface area (Å²) in [5.74, 6) is 0.405. The van der Waals surface area contributed by atoms with E-state index >= 15 is 0 Å². The molecule has 0 unspecified atom stereocenters. The Kier molecular flexibility index (Phi) is 4.34. The van der Waals surface area contributed by atoms with Gasteiger partial charge in [0.05, 0.1) is 28.7 Å². The zero-order valence-electron chi connectivity index (χ0n) is 14.9. The Balaban J connectivity index is 1.61. The molecular formula is C20H25N3O2. The molecule has 2 heterocycles. The van der Waals surface area contributed by atoms with Gasteiger partial charge in [0.15, 0.2) is 0 Å². The molecule has 1 N–H and O–H groups in total. The van der Waals surface area contributed by atoms with E-state index in [0.29, 0.717) is 12.5 Å². The SMILES string of the molecule is Cc1ccc(-n2nc(C3CC3)c(C(=O)NC[C@@H]3CCCO3)c2C)cc1. The van der Waals surface area contributed by atoms with Gasteiger partial charge >= 0.3 is 0 Å². The number of amides is 1. The van der Waals surface area contributed by atoms with E-state index < -0.39 is 0 Å². The lowest BCUT2D eigenvalue weighted by Crippen LogP contribution is -2.32. The number of nitrogens with zero attached hydrogens (tertiary/aromatic N) is 2. The van der Waals surface area contributed by atoms with Gasteiger partial charge in [0.2, 0.25) is 0 Å². The minimum absolute atomic E-state index is 0.0201. The number of aryl methyl sites for hydroxylation is 1. The molecule has 132 valence electrons. The van der Waals surface area contributed by atoms with Gasteiger partial charge in [0.1, 0.15) is 0 Å². The zero-order chi connectivity index (χ0) is 17.4. The number of aromatic nitrogens is 2. The fraction of sp³-hybridized carbons (Fsp3) is 0.500. The van der Waals surface area contributed by atoms with Crippen LogP contribution in [0.25, 0.3) is 5.69 Å². The predicted molar refractivity (Wildman–Crippen MR) is 96.3 cm³/mol. The maximum Gasteiger partial charge on any atom is 0.255 e. The van der Waals surface area contributed by atoms with E-state index in [1.54, 1.807) is 0 Å². The molecule has 1 amide bonds. The van der Waals surface area contributed by atoms with Crippen LogP contribution in [-0.4, -0.2) is 34.9 Å². The van der Waals surface area contributed by atoms with Crippen LogP contribution in [0.5, 0.6) is 0 Å². The molecule has 1 saturated heterocycles. The van der Waals surface area contributed by atoms with Crippen molar-refractivity contribution in [3.8, 4) is 5.69 Å². The van der Waals surface area contributed by atoms with Crippen molar-refractivity contribution in [3.05, 3.63) is 46.8 Å². The van der Waals surface area contributed by atoms with Crippen LogP contribution in [0.3, 0.4) is 0 Å². The summed E-state index contributed by atoms with van der Waals surface area (Å²) in [5, 5.41) is 7.86. The van der Waals surface area contributed by atoms with Crippen LogP contribution in [0.2, 0.25) is 0 Å². The van der Waals surface area contributed by atoms with E-state index in [4.69, 9.17) is 9.84 Å². The maximum absolute atomic E-state index is 12.9. The summed E-state index contributed by atoms with van der Waals surface area (Å²) in [4.78, 5) is 12.9. The van der Waals surface area contributed by atoms with Crippen molar-refractivity contribution in [2.75, 3.05) is 13.2 Å². The van der Waals surface area contributed by atoms with Crippen molar-refractivity contribution in [1.82, 2.24) is 15.1 Å². The van der Waals surface area contributed by atoms with Gasteiger partial charge in [0, 0.05) is 19.1 Å². The number of carbonyl (C=O) groups is 1. The lowest BCUT2D eigenvalue weighted by molar-refractivity contribution is 0.0856. The first-order chi connectivity index (χ1) is 12.1. The first kappa shape index (κ1) is 16.3. The van der Waals surface area contributed by atoms with E-state index in [9.17, 15) is 4.79 Å². The first-order valence-electron chi connectivity index (χ1n) is 9.20. The van der Waals surface area contributed by atoms with E-state index in [1.165, 1.54) is 5.56 Å². The van der Waals surface area contributed by atoms with Crippen molar-refractivity contribution in [1.29, 1.82) is 0 Å². The van der Waals surface area contributed by atoms with Crippen molar-refractivity contribution >= 4 is 5.91 Å². The van der Waals surface area contributed by atoms with Crippen LogP contribution in [-0.2, 0) is 4.74 Å². The Morgan fingerprint density at radius 1 is 1.24 bits per heavy atom. The summed E-state index contributed by atoms with van der Waals surface area (Å²) in [6, 6.07) is 8.26. The summed E-state index contributed by atoms with van der Waals surface area (Å²) < 4.78 is 7.52. The van der Waals surface area contributed by atoms with Gasteiger partial charge < -0.3 is 10.1 Å². The molecule has 2 aromatic rings. The smallest absolute Gasteiger partial charge is 0.255 e. The second-order valence-corrected chi connectivity index (χ2v) is 7.21. The largest absolute Gasteiger partial charge is 0.376 e. The van der Waals surface area contributed by atoms with Gasteiger partial charge in [-0.3, -0.25) is 4.79 Å².